The molecular weight excluding hydrogens is 515 g/mol. The van der Waals surface area contributed by atoms with Gasteiger partial charge < -0.3 is 20.9 Å². The molecule has 0 saturated carbocycles. The lowest BCUT2D eigenvalue weighted by Crippen LogP contribution is -2.34. The SMILES string of the molecule is Nc1c(Cl)cc(C(O)CNC(CCCCCOCCc2ccccn2)Cc2ccccc2)cc1C(F)(F)F. The molecule has 1 heterocycles. The summed E-state index contributed by atoms with van der Waals surface area (Å²) in [5.74, 6) is 0. The Morgan fingerprint density at radius 3 is 2.47 bits per heavy atom. The Morgan fingerprint density at radius 1 is 1.00 bits per heavy atom. The second-order valence-corrected chi connectivity index (χ2v) is 9.71. The molecule has 0 radical (unpaired) electrons. The number of unbranched alkanes of at least 4 members (excludes halogenated alkanes) is 2. The van der Waals surface area contributed by atoms with Gasteiger partial charge >= 0.3 is 6.18 Å². The number of anilines is 1. The Bertz CT molecular complexity index is 1100. The number of alkyl halides is 3. The topological polar surface area (TPSA) is 80.4 Å². The number of aliphatic hydroxyl groups excluding tert-OH is 1. The zero-order chi connectivity index (χ0) is 27.4. The first-order valence-corrected chi connectivity index (χ1v) is 13.2. The smallest absolute Gasteiger partial charge is 0.397 e. The summed E-state index contributed by atoms with van der Waals surface area (Å²) in [6.45, 7) is 1.41. The van der Waals surface area contributed by atoms with Crippen molar-refractivity contribution in [3.63, 3.8) is 0 Å². The molecule has 0 aliphatic rings. The minimum Gasteiger partial charge on any atom is -0.397 e. The van der Waals surface area contributed by atoms with Gasteiger partial charge in [0.2, 0.25) is 0 Å². The summed E-state index contributed by atoms with van der Waals surface area (Å²) in [6.07, 6.45) is 1.21. The third kappa shape index (κ3) is 9.91. The number of pyridine rings is 1. The van der Waals surface area contributed by atoms with Crippen LogP contribution in [0.1, 0.15) is 54.2 Å². The maximum absolute atomic E-state index is 13.3. The van der Waals surface area contributed by atoms with Crippen LogP contribution in [-0.4, -0.2) is 35.9 Å². The first-order valence-electron chi connectivity index (χ1n) is 12.8. The first-order chi connectivity index (χ1) is 18.2. The average molecular weight is 550 g/mol. The van der Waals surface area contributed by atoms with E-state index < -0.39 is 23.5 Å². The van der Waals surface area contributed by atoms with Gasteiger partial charge in [0.05, 0.1) is 29.0 Å². The molecule has 0 amide bonds. The van der Waals surface area contributed by atoms with Gasteiger partial charge in [0.25, 0.3) is 0 Å². The van der Waals surface area contributed by atoms with E-state index in [1.807, 2.05) is 48.5 Å². The molecule has 0 aliphatic carbocycles. The number of benzene rings is 2. The highest BCUT2D eigenvalue weighted by Crippen LogP contribution is 2.38. The number of nitrogens with zero attached hydrogens (tertiary/aromatic N) is 1. The number of aromatic nitrogens is 1. The fourth-order valence-corrected chi connectivity index (χ4v) is 4.46. The molecule has 2 unspecified atom stereocenters. The van der Waals surface area contributed by atoms with E-state index in [0.717, 1.165) is 55.8 Å². The fraction of sp³-hybridized carbons (Fsp3) is 0.414. The van der Waals surface area contributed by atoms with Crippen LogP contribution in [0.3, 0.4) is 0 Å². The quantitative estimate of drug-likeness (QED) is 0.151. The highest BCUT2D eigenvalue weighted by Gasteiger charge is 2.34. The summed E-state index contributed by atoms with van der Waals surface area (Å²) in [6, 6.07) is 18.0. The molecule has 5 nitrogen and oxygen atoms in total. The van der Waals surface area contributed by atoms with Gasteiger partial charge in [0.1, 0.15) is 0 Å². The molecule has 38 heavy (non-hydrogen) atoms. The number of aliphatic hydroxyl groups is 1. The van der Waals surface area contributed by atoms with Gasteiger partial charge in [-0.15, -0.1) is 0 Å². The summed E-state index contributed by atoms with van der Waals surface area (Å²) >= 11 is 5.93. The minimum atomic E-state index is -4.66. The van der Waals surface area contributed by atoms with Crippen LogP contribution in [0.4, 0.5) is 18.9 Å². The van der Waals surface area contributed by atoms with Gasteiger partial charge in [-0.3, -0.25) is 4.98 Å². The fourth-order valence-electron chi connectivity index (χ4n) is 4.23. The van der Waals surface area contributed by atoms with Crippen molar-refractivity contribution in [2.45, 2.75) is 56.8 Å². The zero-order valence-electron chi connectivity index (χ0n) is 21.3. The second-order valence-electron chi connectivity index (χ2n) is 9.31. The summed E-state index contributed by atoms with van der Waals surface area (Å²) in [5, 5.41) is 13.8. The maximum Gasteiger partial charge on any atom is 0.418 e. The lowest BCUT2D eigenvalue weighted by atomic mass is 9.99. The molecule has 3 aromatic rings. The molecule has 0 bridgehead atoms. The van der Waals surface area contributed by atoms with Crippen LogP contribution in [0.25, 0.3) is 0 Å². The summed E-state index contributed by atoms with van der Waals surface area (Å²) in [7, 11) is 0. The average Bonchev–Trinajstić information content (AvgIpc) is 2.90. The maximum atomic E-state index is 13.3. The minimum absolute atomic E-state index is 0.0449. The van der Waals surface area contributed by atoms with Gasteiger partial charge in [-0.1, -0.05) is 60.8 Å². The normalized spacial score (nSPS) is 13.4. The molecule has 0 fully saturated rings. The van der Waals surface area contributed by atoms with E-state index in [0.29, 0.717) is 13.2 Å². The van der Waals surface area contributed by atoms with Crippen LogP contribution in [0.2, 0.25) is 5.02 Å². The molecule has 1 aromatic heterocycles. The van der Waals surface area contributed by atoms with Crippen LogP contribution >= 0.6 is 11.6 Å². The number of nitrogens with one attached hydrogen (secondary N) is 1. The van der Waals surface area contributed by atoms with Crippen molar-refractivity contribution < 1.29 is 23.0 Å². The van der Waals surface area contributed by atoms with E-state index in [2.05, 4.69) is 10.3 Å². The number of nitrogen functional groups attached to an aromatic ring is 1. The highest BCUT2D eigenvalue weighted by molar-refractivity contribution is 6.33. The van der Waals surface area contributed by atoms with Crippen LogP contribution in [0, 0.1) is 0 Å². The number of ether oxygens (including phenoxy) is 1. The van der Waals surface area contributed by atoms with Crippen molar-refractivity contribution in [2.24, 2.45) is 0 Å². The van der Waals surface area contributed by atoms with Crippen LogP contribution < -0.4 is 11.1 Å². The number of hydrogen-bond acceptors (Lipinski definition) is 5. The summed E-state index contributed by atoms with van der Waals surface area (Å²) < 4.78 is 45.7. The van der Waals surface area contributed by atoms with E-state index in [1.54, 1.807) is 6.20 Å². The molecule has 9 heteroatoms. The lowest BCUT2D eigenvalue weighted by Gasteiger charge is -2.22. The highest BCUT2D eigenvalue weighted by atomic mass is 35.5. The molecule has 2 atom stereocenters. The molecule has 206 valence electrons. The third-order valence-electron chi connectivity index (χ3n) is 6.34. The van der Waals surface area contributed by atoms with E-state index in [4.69, 9.17) is 22.1 Å². The largest absolute Gasteiger partial charge is 0.418 e. The first kappa shape index (κ1) is 29.9. The summed E-state index contributed by atoms with van der Waals surface area (Å²) in [5.41, 5.74) is 6.18. The van der Waals surface area contributed by atoms with E-state index in [-0.39, 0.29) is 23.2 Å². The standard InChI is InChI=1S/C29H35ClF3N3O2/c30-26-19-22(18-25(28(26)34)29(31,32)33)27(37)20-36-24(17-21-9-3-1-4-10-21)12-5-2-8-15-38-16-13-23-11-6-7-14-35-23/h1,3-4,6-7,9-11,14,18-19,24,27,36-37H,2,5,8,12-13,15-17,20,34H2. The third-order valence-corrected chi connectivity index (χ3v) is 6.65. The Hall–Kier alpha value is -2.65. The Labute approximate surface area is 227 Å². The molecule has 0 spiro atoms. The molecule has 0 aliphatic heterocycles. The zero-order valence-corrected chi connectivity index (χ0v) is 22.0. The predicted molar refractivity (Wildman–Crippen MR) is 145 cm³/mol. The molecule has 2 aromatic carbocycles. The van der Waals surface area contributed by atoms with Gasteiger partial charge in [0, 0.05) is 37.5 Å². The monoisotopic (exact) mass is 549 g/mol. The second kappa shape index (κ2) is 15.1. The van der Waals surface area contributed by atoms with E-state index >= 15 is 0 Å². The van der Waals surface area contributed by atoms with Gasteiger partial charge in [0.15, 0.2) is 0 Å². The van der Waals surface area contributed by atoms with Crippen molar-refractivity contribution >= 4 is 17.3 Å². The Balaban J connectivity index is 1.48. The van der Waals surface area contributed by atoms with E-state index in [9.17, 15) is 18.3 Å². The lowest BCUT2D eigenvalue weighted by molar-refractivity contribution is -0.137. The van der Waals surface area contributed by atoms with Crippen molar-refractivity contribution in [3.8, 4) is 0 Å². The number of halogens is 4. The van der Waals surface area contributed by atoms with E-state index in [1.165, 1.54) is 6.07 Å². The van der Waals surface area contributed by atoms with Crippen LogP contribution in [-0.2, 0) is 23.8 Å². The Morgan fingerprint density at radius 2 is 1.76 bits per heavy atom. The number of hydrogen-bond donors (Lipinski definition) is 3. The van der Waals surface area contributed by atoms with Crippen LogP contribution in [0.15, 0.2) is 66.9 Å². The number of nitrogens with two attached hydrogens (primary N) is 1. The summed E-state index contributed by atoms with van der Waals surface area (Å²) in [4.78, 5) is 4.29. The number of rotatable bonds is 15. The molecule has 4 N–H and O–H groups in total. The van der Waals surface area contributed by atoms with Crippen LogP contribution in [0.5, 0.6) is 0 Å². The van der Waals surface area contributed by atoms with Crippen molar-refractivity contribution in [2.75, 3.05) is 25.5 Å². The molecular formula is C29H35ClF3N3O2. The predicted octanol–water partition coefficient (Wildman–Crippen LogP) is 6.39. The molecule has 0 saturated heterocycles. The van der Waals surface area contributed by atoms with Crippen molar-refractivity contribution in [3.05, 3.63) is 94.3 Å². The molecule has 3 rings (SSSR count). The van der Waals surface area contributed by atoms with Gasteiger partial charge in [-0.25, -0.2) is 0 Å². The van der Waals surface area contributed by atoms with Crippen molar-refractivity contribution in [1.29, 1.82) is 0 Å². The Kier molecular flexibility index (Phi) is 11.9. The van der Waals surface area contributed by atoms with Crippen molar-refractivity contribution in [1.82, 2.24) is 10.3 Å². The van der Waals surface area contributed by atoms with Gasteiger partial charge in [-0.2, -0.15) is 13.2 Å². The van der Waals surface area contributed by atoms with Gasteiger partial charge in [-0.05, 0) is 54.7 Å².